The fourth-order valence-corrected chi connectivity index (χ4v) is 1.25. The molecule has 1 heterocycles. The van der Waals surface area contributed by atoms with E-state index < -0.39 is 0 Å². The van der Waals surface area contributed by atoms with Gasteiger partial charge < -0.3 is 0 Å². The lowest BCUT2D eigenvalue weighted by atomic mass is 10.6. The highest BCUT2D eigenvalue weighted by Crippen LogP contribution is 2.13. The van der Waals surface area contributed by atoms with Crippen molar-refractivity contribution in [2.45, 2.75) is 11.4 Å². The van der Waals surface area contributed by atoms with Crippen molar-refractivity contribution in [3.05, 3.63) is 18.6 Å². The summed E-state index contributed by atoms with van der Waals surface area (Å²) in [6, 6.07) is 3.91. The Hall–Kier alpha value is -1.08. The summed E-state index contributed by atoms with van der Waals surface area (Å²) in [5.41, 5.74) is 0. The van der Waals surface area contributed by atoms with Crippen LogP contribution in [-0.4, -0.2) is 15.7 Å². The van der Waals surface area contributed by atoms with E-state index in [1.54, 1.807) is 18.0 Å². The first-order valence-corrected chi connectivity index (χ1v) is 4.18. The van der Waals surface area contributed by atoms with Crippen LogP contribution in [0.25, 0.3) is 0 Å². The second kappa shape index (κ2) is 4.69. The van der Waals surface area contributed by atoms with Crippen LogP contribution >= 0.6 is 11.8 Å². The molecule has 1 aromatic heterocycles. The number of hydrogen-bond donors (Lipinski definition) is 0. The molecular weight excluding hydrogens is 158 g/mol. The van der Waals surface area contributed by atoms with Crippen molar-refractivity contribution in [3.8, 4) is 6.07 Å². The lowest BCUT2D eigenvalue weighted by molar-refractivity contribution is 1.04. The SMILES string of the molecule is N#CCCSc1ccncn1. The Morgan fingerprint density at radius 3 is 3.18 bits per heavy atom. The minimum absolute atomic E-state index is 0.564. The quantitative estimate of drug-likeness (QED) is 0.386. The number of thioether (sulfide) groups is 1. The fraction of sp³-hybridized carbons (Fsp3) is 0.286. The summed E-state index contributed by atoms with van der Waals surface area (Å²) in [5.74, 6) is 0.799. The number of nitriles is 1. The van der Waals surface area contributed by atoms with Gasteiger partial charge in [0.1, 0.15) is 6.33 Å². The molecule has 0 fully saturated rings. The van der Waals surface area contributed by atoms with E-state index in [1.165, 1.54) is 6.33 Å². The van der Waals surface area contributed by atoms with Gasteiger partial charge in [0.2, 0.25) is 0 Å². The summed E-state index contributed by atoms with van der Waals surface area (Å²) in [6.45, 7) is 0. The van der Waals surface area contributed by atoms with Crippen molar-refractivity contribution in [1.82, 2.24) is 9.97 Å². The summed E-state index contributed by atoms with van der Waals surface area (Å²) in [4.78, 5) is 7.78. The molecule has 4 heteroatoms. The summed E-state index contributed by atoms with van der Waals surface area (Å²) in [5, 5.41) is 9.17. The molecule has 56 valence electrons. The average Bonchev–Trinajstić information content (AvgIpc) is 2.07. The van der Waals surface area contributed by atoms with Gasteiger partial charge in [-0.25, -0.2) is 9.97 Å². The van der Waals surface area contributed by atoms with Crippen LogP contribution < -0.4 is 0 Å². The molecule has 1 rings (SSSR count). The summed E-state index contributed by atoms with van der Waals surface area (Å²) in [7, 11) is 0. The molecule has 0 aliphatic rings. The predicted molar refractivity (Wildman–Crippen MR) is 43.0 cm³/mol. The minimum Gasteiger partial charge on any atom is -0.245 e. The molecule has 0 bridgehead atoms. The lowest BCUT2D eigenvalue weighted by Crippen LogP contribution is -1.81. The molecule has 11 heavy (non-hydrogen) atoms. The highest BCUT2D eigenvalue weighted by Gasteiger charge is 1.91. The summed E-state index contributed by atoms with van der Waals surface area (Å²) in [6.07, 6.45) is 3.77. The third kappa shape index (κ3) is 3.01. The predicted octanol–water partition coefficient (Wildman–Crippen LogP) is 1.48. The topological polar surface area (TPSA) is 49.6 Å². The van der Waals surface area contributed by atoms with Crippen LogP contribution in [0.1, 0.15) is 6.42 Å². The molecule has 0 spiro atoms. The molecule has 0 N–H and O–H groups in total. The molecule has 0 saturated carbocycles. The standard InChI is InChI=1S/C7H7N3S/c8-3-1-5-11-7-2-4-9-6-10-7/h2,4,6H,1,5H2. The molecule has 0 aromatic carbocycles. The van der Waals surface area contributed by atoms with E-state index in [4.69, 9.17) is 5.26 Å². The second-order valence-corrected chi connectivity index (χ2v) is 2.92. The average molecular weight is 165 g/mol. The highest BCUT2D eigenvalue weighted by atomic mass is 32.2. The van der Waals surface area contributed by atoms with Crippen LogP contribution in [0, 0.1) is 11.3 Å². The van der Waals surface area contributed by atoms with E-state index in [9.17, 15) is 0 Å². The first-order valence-electron chi connectivity index (χ1n) is 3.19. The van der Waals surface area contributed by atoms with E-state index in [1.807, 2.05) is 6.07 Å². The molecule has 1 aromatic rings. The van der Waals surface area contributed by atoms with E-state index in [2.05, 4.69) is 16.0 Å². The van der Waals surface area contributed by atoms with Gasteiger partial charge in [-0.2, -0.15) is 5.26 Å². The molecule has 0 saturated heterocycles. The Morgan fingerprint density at radius 2 is 2.55 bits per heavy atom. The zero-order chi connectivity index (χ0) is 7.94. The summed E-state index contributed by atoms with van der Waals surface area (Å²) < 4.78 is 0. The van der Waals surface area contributed by atoms with E-state index >= 15 is 0 Å². The fourth-order valence-electron chi connectivity index (χ4n) is 0.565. The molecule has 3 nitrogen and oxygen atoms in total. The number of aromatic nitrogens is 2. The monoisotopic (exact) mass is 165 g/mol. The third-order valence-corrected chi connectivity index (χ3v) is 1.96. The van der Waals surface area contributed by atoms with Crippen molar-refractivity contribution in [2.24, 2.45) is 0 Å². The normalized spacial score (nSPS) is 9.00. The Bertz CT molecular complexity index is 242. The van der Waals surface area contributed by atoms with Crippen LogP contribution in [-0.2, 0) is 0 Å². The molecule has 0 unspecified atom stereocenters. The van der Waals surface area contributed by atoms with Crippen molar-refractivity contribution in [1.29, 1.82) is 5.26 Å². The molecule has 0 aliphatic heterocycles. The first kappa shape index (κ1) is 8.02. The van der Waals surface area contributed by atoms with Gasteiger partial charge in [0.15, 0.2) is 0 Å². The Balaban J connectivity index is 2.35. The largest absolute Gasteiger partial charge is 0.245 e. The Morgan fingerprint density at radius 1 is 1.64 bits per heavy atom. The zero-order valence-corrected chi connectivity index (χ0v) is 6.71. The van der Waals surface area contributed by atoms with Gasteiger partial charge in [-0.05, 0) is 6.07 Å². The first-order chi connectivity index (χ1) is 5.43. The molecule has 0 amide bonds. The van der Waals surface area contributed by atoms with Crippen LogP contribution in [0.15, 0.2) is 23.6 Å². The van der Waals surface area contributed by atoms with Gasteiger partial charge in [-0.1, -0.05) is 0 Å². The Labute approximate surface area is 69.5 Å². The number of nitrogens with zero attached hydrogens (tertiary/aromatic N) is 3. The maximum Gasteiger partial charge on any atom is 0.116 e. The van der Waals surface area contributed by atoms with E-state index in [0.717, 1.165) is 10.8 Å². The van der Waals surface area contributed by atoms with Crippen LogP contribution in [0.4, 0.5) is 0 Å². The second-order valence-electron chi connectivity index (χ2n) is 1.80. The van der Waals surface area contributed by atoms with E-state index in [0.29, 0.717) is 6.42 Å². The molecule has 0 atom stereocenters. The van der Waals surface area contributed by atoms with Crippen LogP contribution in [0.2, 0.25) is 0 Å². The maximum atomic E-state index is 8.25. The third-order valence-electron chi connectivity index (χ3n) is 1.02. The van der Waals surface area contributed by atoms with Crippen molar-refractivity contribution < 1.29 is 0 Å². The number of hydrogen-bond acceptors (Lipinski definition) is 4. The van der Waals surface area contributed by atoms with Crippen molar-refractivity contribution in [2.75, 3.05) is 5.75 Å². The molecular formula is C7H7N3S. The van der Waals surface area contributed by atoms with Gasteiger partial charge in [0.25, 0.3) is 0 Å². The maximum absolute atomic E-state index is 8.25. The van der Waals surface area contributed by atoms with Crippen LogP contribution in [0.3, 0.4) is 0 Å². The van der Waals surface area contributed by atoms with Gasteiger partial charge in [0.05, 0.1) is 11.1 Å². The lowest BCUT2D eigenvalue weighted by Gasteiger charge is -1.93. The van der Waals surface area contributed by atoms with Crippen molar-refractivity contribution in [3.63, 3.8) is 0 Å². The minimum atomic E-state index is 0.564. The molecule has 0 radical (unpaired) electrons. The highest BCUT2D eigenvalue weighted by molar-refractivity contribution is 7.99. The number of rotatable bonds is 3. The zero-order valence-electron chi connectivity index (χ0n) is 5.90. The van der Waals surface area contributed by atoms with Gasteiger partial charge >= 0.3 is 0 Å². The van der Waals surface area contributed by atoms with Crippen molar-refractivity contribution >= 4 is 11.8 Å². The smallest absolute Gasteiger partial charge is 0.116 e. The van der Waals surface area contributed by atoms with Gasteiger partial charge in [-0.3, -0.25) is 0 Å². The summed E-state index contributed by atoms with van der Waals surface area (Å²) >= 11 is 1.57. The van der Waals surface area contributed by atoms with Crippen LogP contribution in [0.5, 0.6) is 0 Å². The van der Waals surface area contributed by atoms with Gasteiger partial charge in [0, 0.05) is 18.4 Å². The Kier molecular flexibility index (Phi) is 3.42. The molecule has 0 aliphatic carbocycles. The van der Waals surface area contributed by atoms with E-state index in [-0.39, 0.29) is 0 Å². The van der Waals surface area contributed by atoms with Gasteiger partial charge in [-0.15, -0.1) is 11.8 Å².